The van der Waals surface area contributed by atoms with Crippen molar-refractivity contribution in [1.82, 2.24) is 9.97 Å². The molecule has 0 aliphatic carbocycles. The molecule has 5 nitrogen and oxygen atoms in total. The molecule has 2 rings (SSSR count). The Morgan fingerprint density at radius 1 is 1.22 bits per heavy atom. The van der Waals surface area contributed by atoms with E-state index in [-0.39, 0.29) is 5.91 Å². The van der Waals surface area contributed by atoms with E-state index in [0.29, 0.717) is 5.69 Å². The van der Waals surface area contributed by atoms with Crippen molar-refractivity contribution in [2.45, 2.75) is 33.6 Å². The minimum absolute atomic E-state index is 0.0278. The van der Waals surface area contributed by atoms with Crippen molar-refractivity contribution in [3.05, 3.63) is 12.4 Å². The van der Waals surface area contributed by atoms with Crippen LogP contribution in [0.15, 0.2) is 12.4 Å². The summed E-state index contributed by atoms with van der Waals surface area (Å²) < 4.78 is 0. The van der Waals surface area contributed by atoms with Gasteiger partial charge in [-0.1, -0.05) is 20.8 Å². The first kappa shape index (κ1) is 12.8. The third kappa shape index (κ3) is 2.97. The Hall–Kier alpha value is -1.65. The molecule has 0 spiro atoms. The molecule has 1 N–H and O–H groups in total. The van der Waals surface area contributed by atoms with E-state index < -0.39 is 5.41 Å². The average molecular weight is 248 g/mol. The lowest BCUT2D eigenvalue weighted by Gasteiger charge is -2.18. The normalized spacial score (nSPS) is 15.8. The lowest BCUT2D eigenvalue weighted by Crippen LogP contribution is -2.28. The maximum absolute atomic E-state index is 11.8. The van der Waals surface area contributed by atoms with E-state index in [0.717, 1.165) is 19.0 Å². The van der Waals surface area contributed by atoms with Crippen LogP contribution in [0.5, 0.6) is 0 Å². The summed E-state index contributed by atoms with van der Waals surface area (Å²) in [5.41, 5.74) is 0.242. The molecule has 0 saturated carbocycles. The molecule has 98 valence electrons. The molecule has 18 heavy (non-hydrogen) atoms. The Bertz CT molecular complexity index is 416. The standard InChI is InChI=1S/C13H20N4O/c1-13(2,3)11(18)16-10-8-14-12(15-9-10)17-6-4-5-7-17/h8-9H,4-7H2,1-3H3,(H,16,18). The molecular formula is C13H20N4O. The monoisotopic (exact) mass is 248 g/mol. The van der Waals surface area contributed by atoms with Crippen LogP contribution in [0.4, 0.5) is 11.6 Å². The van der Waals surface area contributed by atoms with Crippen molar-refractivity contribution in [2.24, 2.45) is 5.41 Å². The summed E-state index contributed by atoms with van der Waals surface area (Å²) >= 11 is 0. The van der Waals surface area contributed by atoms with E-state index >= 15 is 0 Å². The maximum Gasteiger partial charge on any atom is 0.229 e. The van der Waals surface area contributed by atoms with Crippen LogP contribution in [0.25, 0.3) is 0 Å². The molecule has 2 heterocycles. The Balaban J connectivity index is 2.01. The second kappa shape index (κ2) is 4.92. The van der Waals surface area contributed by atoms with Gasteiger partial charge in [-0.25, -0.2) is 9.97 Å². The molecule has 1 aliphatic rings. The highest BCUT2D eigenvalue weighted by molar-refractivity contribution is 5.94. The summed E-state index contributed by atoms with van der Waals surface area (Å²) in [7, 11) is 0. The molecule has 0 atom stereocenters. The van der Waals surface area contributed by atoms with E-state index in [1.807, 2.05) is 20.8 Å². The van der Waals surface area contributed by atoms with Crippen molar-refractivity contribution in [1.29, 1.82) is 0 Å². The van der Waals surface area contributed by atoms with E-state index in [1.165, 1.54) is 12.8 Å². The number of hydrogen-bond acceptors (Lipinski definition) is 4. The number of anilines is 2. The van der Waals surface area contributed by atoms with Crippen LogP contribution in [0.3, 0.4) is 0 Å². The zero-order chi connectivity index (χ0) is 13.2. The molecule has 1 amide bonds. The van der Waals surface area contributed by atoms with Crippen molar-refractivity contribution >= 4 is 17.5 Å². The second-order valence-electron chi connectivity index (χ2n) is 5.67. The molecule has 1 aromatic heterocycles. The minimum atomic E-state index is -0.409. The zero-order valence-corrected chi connectivity index (χ0v) is 11.2. The highest BCUT2D eigenvalue weighted by atomic mass is 16.2. The molecule has 0 aromatic carbocycles. The second-order valence-corrected chi connectivity index (χ2v) is 5.67. The van der Waals surface area contributed by atoms with Gasteiger partial charge >= 0.3 is 0 Å². The molecule has 1 fully saturated rings. The fraction of sp³-hybridized carbons (Fsp3) is 0.615. The number of carbonyl (C=O) groups is 1. The molecule has 1 saturated heterocycles. The fourth-order valence-corrected chi connectivity index (χ4v) is 1.78. The predicted molar refractivity (Wildman–Crippen MR) is 71.6 cm³/mol. The van der Waals surface area contributed by atoms with Gasteiger partial charge in [0, 0.05) is 18.5 Å². The van der Waals surface area contributed by atoms with Crippen LogP contribution < -0.4 is 10.2 Å². The molecular weight excluding hydrogens is 228 g/mol. The first-order chi connectivity index (χ1) is 8.47. The summed E-state index contributed by atoms with van der Waals surface area (Å²) in [5, 5.41) is 2.82. The Morgan fingerprint density at radius 3 is 2.28 bits per heavy atom. The van der Waals surface area contributed by atoms with Crippen molar-refractivity contribution < 1.29 is 4.79 Å². The van der Waals surface area contributed by atoms with Gasteiger partial charge in [0.2, 0.25) is 11.9 Å². The molecule has 0 bridgehead atoms. The van der Waals surface area contributed by atoms with E-state index in [2.05, 4.69) is 20.2 Å². The number of aromatic nitrogens is 2. The van der Waals surface area contributed by atoms with Gasteiger partial charge in [0.1, 0.15) is 0 Å². The van der Waals surface area contributed by atoms with E-state index in [4.69, 9.17) is 0 Å². The Labute approximate surface area is 108 Å². The van der Waals surface area contributed by atoms with Crippen molar-refractivity contribution in [2.75, 3.05) is 23.3 Å². The van der Waals surface area contributed by atoms with Gasteiger partial charge in [0.05, 0.1) is 18.1 Å². The fourth-order valence-electron chi connectivity index (χ4n) is 1.78. The minimum Gasteiger partial charge on any atom is -0.341 e. The number of nitrogens with one attached hydrogen (secondary N) is 1. The van der Waals surface area contributed by atoms with Gasteiger partial charge in [-0.15, -0.1) is 0 Å². The molecule has 1 aliphatic heterocycles. The van der Waals surface area contributed by atoms with Gasteiger partial charge in [0.25, 0.3) is 0 Å². The third-order valence-electron chi connectivity index (χ3n) is 2.97. The van der Waals surface area contributed by atoms with Crippen LogP contribution in [0, 0.1) is 5.41 Å². The number of carbonyl (C=O) groups excluding carboxylic acids is 1. The average Bonchev–Trinajstić information content (AvgIpc) is 2.82. The zero-order valence-electron chi connectivity index (χ0n) is 11.2. The number of hydrogen-bond donors (Lipinski definition) is 1. The van der Waals surface area contributed by atoms with Gasteiger partial charge in [-0.3, -0.25) is 4.79 Å². The lowest BCUT2D eigenvalue weighted by atomic mass is 9.96. The third-order valence-corrected chi connectivity index (χ3v) is 2.97. The van der Waals surface area contributed by atoms with Crippen LogP contribution >= 0.6 is 0 Å². The number of rotatable bonds is 2. The maximum atomic E-state index is 11.8. The molecule has 0 radical (unpaired) electrons. The first-order valence-electron chi connectivity index (χ1n) is 6.35. The highest BCUT2D eigenvalue weighted by Crippen LogP contribution is 2.18. The summed E-state index contributed by atoms with van der Waals surface area (Å²) in [6, 6.07) is 0. The molecule has 1 aromatic rings. The van der Waals surface area contributed by atoms with Gasteiger partial charge < -0.3 is 10.2 Å². The number of amides is 1. The van der Waals surface area contributed by atoms with Crippen LogP contribution in [-0.2, 0) is 4.79 Å². The predicted octanol–water partition coefficient (Wildman–Crippen LogP) is 2.06. The Morgan fingerprint density at radius 2 is 1.78 bits per heavy atom. The van der Waals surface area contributed by atoms with E-state index in [9.17, 15) is 4.79 Å². The van der Waals surface area contributed by atoms with E-state index in [1.54, 1.807) is 12.4 Å². The van der Waals surface area contributed by atoms with Gasteiger partial charge in [-0.2, -0.15) is 0 Å². The van der Waals surface area contributed by atoms with Crippen LogP contribution in [0.1, 0.15) is 33.6 Å². The Kier molecular flexibility index (Phi) is 3.50. The van der Waals surface area contributed by atoms with Crippen LogP contribution in [0.2, 0.25) is 0 Å². The molecule has 0 unspecified atom stereocenters. The summed E-state index contributed by atoms with van der Waals surface area (Å²) in [4.78, 5) is 22.6. The topological polar surface area (TPSA) is 58.1 Å². The molecule has 5 heteroatoms. The largest absolute Gasteiger partial charge is 0.341 e. The van der Waals surface area contributed by atoms with Crippen molar-refractivity contribution in [3.63, 3.8) is 0 Å². The summed E-state index contributed by atoms with van der Waals surface area (Å²) in [6.07, 6.45) is 5.74. The first-order valence-corrected chi connectivity index (χ1v) is 6.35. The summed E-state index contributed by atoms with van der Waals surface area (Å²) in [5.74, 6) is 0.723. The SMILES string of the molecule is CC(C)(C)C(=O)Nc1cnc(N2CCCC2)nc1. The van der Waals surface area contributed by atoms with Crippen molar-refractivity contribution in [3.8, 4) is 0 Å². The van der Waals surface area contributed by atoms with Crippen LogP contribution in [-0.4, -0.2) is 29.0 Å². The smallest absolute Gasteiger partial charge is 0.229 e. The van der Waals surface area contributed by atoms with Gasteiger partial charge in [-0.05, 0) is 12.8 Å². The van der Waals surface area contributed by atoms with Gasteiger partial charge in [0.15, 0.2) is 0 Å². The highest BCUT2D eigenvalue weighted by Gasteiger charge is 2.21. The number of nitrogens with zero attached hydrogens (tertiary/aromatic N) is 3. The summed E-state index contributed by atoms with van der Waals surface area (Å²) in [6.45, 7) is 7.67. The lowest BCUT2D eigenvalue weighted by molar-refractivity contribution is -0.123. The quantitative estimate of drug-likeness (QED) is 0.870.